The van der Waals surface area contributed by atoms with Crippen LogP contribution >= 0.6 is 0 Å². The highest BCUT2D eigenvalue weighted by molar-refractivity contribution is 5.78. The number of benzene rings is 1. The minimum atomic E-state index is -1.10. The molecule has 3 heteroatoms. The van der Waals surface area contributed by atoms with Crippen LogP contribution in [0.25, 0.3) is 0 Å². The van der Waals surface area contributed by atoms with E-state index >= 15 is 0 Å². The fraction of sp³-hybridized carbons (Fsp3) is 0.476. The Kier molecular flexibility index (Phi) is 7.76. The van der Waals surface area contributed by atoms with Crippen molar-refractivity contribution in [3.05, 3.63) is 59.7 Å². The molecule has 24 heavy (non-hydrogen) atoms. The molecule has 3 nitrogen and oxygen atoms in total. The summed E-state index contributed by atoms with van der Waals surface area (Å²) >= 11 is 0. The monoisotopic (exact) mass is 327 g/mol. The summed E-state index contributed by atoms with van der Waals surface area (Å²) in [4.78, 5) is 10.6. The van der Waals surface area contributed by atoms with Gasteiger partial charge in [-0.3, -0.25) is 0 Å². The lowest BCUT2D eigenvalue weighted by Gasteiger charge is -2.22. The van der Waals surface area contributed by atoms with Crippen LogP contribution in [-0.4, -0.2) is 17.2 Å². The predicted octanol–water partition coefficient (Wildman–Crippen LogP) is 3.18. The van der Waals surface area contributed by atoms with Crippen molar-refractivity contribution < 1.29 is 15.0 Å². The van der Waals surface area contributed by atoms with Gasteiger partial charge in [0, 0.05) is 0 Å². The Bertz CT molecular complexity index is 560. The Morgan fingerprint density at radius 2 is 2.08 bits per heavy atom. The van der Waals surface area contributed by atoms with Gasteiger partial charge in [0.05, 0.1) is 12.1 Å². The van der Waals surface area contributed by atoms with Gasteiger partial charge in [-0.15, -0.1) is 0 Å². The Hall–Kier alpha value is -1.87. The number of carbonyl (C=O) groups is 1. The molecule has 0 bridgehead atoms. The number of aliphatic carboxylic acids is 1. The average molecular weight is 327 g/mol. The number of rotatable bonds is 8. The van der Waals surface area contributed by atoms with Gasteiger partial charge in [0.25, 0.3) is 0 Å². The van der Waals surface area contributed by atoms with Crippen molar-refractivity contribution in [1.29, 1.82) is 0 Å². The molecule has 0 heterocycles. The maximum Gasteiger partial charge on any atom is 0.0721 e. The van der Waals surface area contributed by atoms with Crippen molar-refractivity contribution in [2.75, 3.05) is 0 Å². The second-order valence-corrected chi connectivity index (χ2v) is 6.66. The van der Waals surface area contributed by atoms with Gasteiger partial charge in [0.2, 0.25) is 0 Å². The number of hydrogen-bond donors (Lipinski definition) is 1. The van der Waals surface area contributed by atoms with Crippen molar-refractivity contribution in [1.82, 2.24) is 0 Å². The fourth-order valence-corrected chi connectivity index (χ4v) is 3.30. The van der Waals surface area contributed by atoms with Crippen LogP contribution < -0.4 is 5.11 Å². The molecule has 1 aliphatic carbocycles. The summed E-state index contributed by atoms with van der Waals surface area (Å²) in [5.41, 5.74) is 2.30. The zero-order valence-electron chi connectivity index (χ0n) is 14.2. The molecule has 2 atom stereocenters. The molecule has 1 saturated carbocycles. The van der Waals surface area contributed by atoms with E-state index in [9.17, 15) is 15.0 Å². The molecule has 2 rings (SSSR count). The second-order valence-electron chi connectivity index (χ2n) is 6.66. The van der Waals surface area contributed by atoms with E-state index in [0.717, 1.165) is 56.9 Å². The Morgan fingerprint density at radius 3 is 2.83 bits per heavy atom. The molecule has 1 aromatic carbocycles. The molecule has 1 unspecified atom stereocenters. The van der Waals surface area contributed by atoms with Gasteiger partial charge in [0.15, 0.2) is 0 Å². The van der Waals surface area contributed by atoms with Crippen LogP contribution in [-0.2, 0) is 11.2 Å². The van der Waals surface area contributed by atoms with Gasteiger partial charge in [-0.1, -0.05) is 54.5 Å². The van der Waals surface area contributed by atoms with E-state index in [0.29, 0.717) is 5.92 Å². The number of carbonyl (C=O) groups excluding carboxylic acids is 1. The maximum atomic E-state index is 10.6. The molecule has 1 aliphatic rings. The number of hydrogen-bond acceptors (Lipinski definition) is 3. The quantitative estimate of drug-likeness (QED) is 0.453. The molecule has 130 valence electrons. The third kappa shape index (κ3) is 7.14. The van der Waals surface area contributed by atoms with Crippen LogP contribution in [0.1, 0.15) is 50.5 Å². The van der Waals surface area contributed by atoms with Crippen molar-refractivity contribution in [3.8, 4) is 0 Å². The topological polar surface area (TPSA) is 60.4 Å². The van der Waals surface area contributed by atoms with Gasteiger partial charge in [-0.25, -0.2) is 0 Å². The first-order valence-corrected chi connectivity index (χ1v) is 8.94. The van der Waals surface area contributed by atoms with Gasteiger partial charge in [0.1, 0.15) is 0 Å². The van der Waals surface area contributed by atoms with E-state index in [4.69, 9.17) is 0 Å². The largest absolute Gasteiger partial charge is 0.545 e. The fourth-order valence-electron chi connectivity index (χ4n) is 3.30. The Labute approximate surface area is 144 Å². The molecule has 0 radical (unpaired) electrons. The third-order valence-corrected chi connectivity index (χ3v) is 4.58. The Balaban J connectivity index is 1.67. The lowest BCUT2D eigenvalue weighted by Crippen LogP contribution is -2.20. The SMILES string of the molecule is O=C([O-])/C=C1/CCC[C@H](/C=C/C(O)CCCCc2ccccc2)C1. The lowest BCUT2D eigenvalue weighted by molar-refractivity contribution is -0.297. The summed E-state index contributed by atoms with van der Waals surface area (Å²) in [6.07, 6.45) is 12.4. The zero-order valence-corrected chi connectivity index (χ0v) is 14.2. The number of allylic oxidation sites excluding steroid dienone is 2. The molecule has 1 N–H and O–H groups in total. The van der Waals surface area contributed by atoms with Crippen molar-refractivity contribution in [3.63, 3.8) is 0 Å². The summed E-state index contributed by atoms with van der Waals surface area (Å²) in [5.74, 6) is -0.767. The van der Waals surface area contributed by atoms with Crippen molar-refractivity contribution >= 4 is 5.97 Å². The number of carboxylic acids is 1. The summed E-state index contributed by atoms with van der Waals surface area (Å²) in [5, 5.41) is 20.7. The zero-order chi connectivity index (χ0) is 17.2. The molecule has 0 spiro atoms. The first kappa shape index (κ1) is 18.5. The molecule has 0 aliphatic heterocycles. The molecule has 0 saturated heterocycles. The van der Waals surface area contributed by atoms with E-state index < -0.39 is 12.1 Å². The number of carboxylic acid groups (broad SMARTS) is 1. The number of unbranched alkanes of at least 4 members (excludes halogenated alkanes) is 1. The van der Waals surface area contributed by atoms with Crippen LogP contribution in [0.3, 0.4) is 0 Å². The highest BCUT2D eigenvalue weighted by atomic mass is 16.4. The van der Waals surface area contributed by atoms with E-state index in [1.807, 2.05) is 12.1 Å². The first-order chi connectivity index (χ1) is 11.6. The predicted molar refractivity (Wildman–Crippen MR) is 94.2 cm³/mol. The van der Waals surface area contributed by atoms with Crippen LogP contribution in [0.5, 0.6) is 0 Å². The number of aryl methyl sites for hydroxylation is 1. The summed E-state index contributed by atoms with van der Waals surface area (Å²) in [6.45, 7) is 0. The molecular weight excluding hydrogens is 300 g/mol. The minimum absolute atomic E-state index is 0.336. The highest BCUT2D eigenvalue weighted by Crippen LogP contribution is 2.29. The van der Waals surface area contributed by atoms with Gasteiger partial charge in [-0.05, 0) is 62.5 Å². The van der Waals surface area contributed by atoms with Crippen LogP contribution in [0.2, 0.25) is 0 Å². The normalized spacial score (nSPS) is 21.2. The van der Waals surface area contributed by atoms with E-state index in [1.165, 1.54) is 11.6 Å². The van der Waals surface area contributed by atoms with Crippen LogP contribution in [0, 0.1) is 5.92 Å². The summed E-state index contributed by atoms with van der Waals surface area (Å²) in [6, 6.07) is 10.4. The third-order valence-electron chi connectivity index (χ3n) is 4.58. The van der Waals surface area contributed by atoms with E-state index in [1.54, 1.807) is 0 Å². The number of aliphatic hydroxyl groups excluding tert-OH is 1. The molecular formula is C21H27O3-. The Morgan fingerprint density at radius 1 is 1.29 bits per heavy atom. The molecule has 1 fully saturated rings. The summed E-state index contributed by atoms with van der Waals surface area (Å²) in [7, 11) is 0. The van der Waals surface area contributed by atoms with Crippen molar-refractivity contribution in [2.45, 2.75) is 57.5 Å². The molecule has 0 aromatic heterocycles. The average Bonchev–Trinajstić information content (AvgIpc) is 2.58. The van der Waals surface area contributed by atoms with E-state index in [-0.39, 0.29) is 0 Å². The van der Waals surface area contributed by atoms with Gasteiger partial charge < -0.3 is 15.0 Å². The van der Waals surface area contributed by atoms with Gasteiger partial charge >= 0.3 is 0 Å². The smallest absolute Gasteiger partial charge is 0.0721 e. The lowest BCUT2D eigenvalue weighted by atomic mass is 9.85. The molecule has 1 aromatic rings. The highest BCUT2D eigenvalue weighted by Gasteiger charge is 2.14. The van der Waals surface area contributed by atoms with Crippen LogP contribution in [0.4, 0.5) is 0 Å². The standard InChI is InChI=1S/C21H28O3/c22-20(12-5-4-9-17-7-2-1-3-8-17)14-13-18-10-6-11-19(15-18)16-21(23)24/h1-3,7-8,13-14,16,18,20,22H,4-6,9-12,15H2,(H,23,24)/p-1/b14-13+,19-16-/t18-,20?/m1/s1. The summed E-state index contributed by atoms with van der Waals surface area (Å²) < 4.78 is 0. The van der Waals surface area contributed by atoms with E-state index in [2.05, 4.69) is 30.3 Å². The second kappa shape index (κ2) is 10.1. The van der Waals surface area contributed by atoms with Crippen LogP contribution in [0.15, 0.2) is 54.1 Å². The maximum absolute atomic E-state index is 10.6. The number of aliphatic hydroxyl groups is 1. The first-order valence-electron chi connectivity index (χ1n) is 8.94. The van der Waals surface area contributed by atoms with Gasteiger partial charge in [-0.2, -0.15) is 0 Å². The minimum Gasteiger partial charge on any atom is -0.545 e. The molecule has 0 amide bonds. The van der Waals surface area contributed by atoms with Crippen molar-refractivity contribution in [2.24, 2.45) is 5.92 Å².